The van der Waals surface area contributed by atoms with E-state index >= 15 is 0 Å². The number of rotatable bonds is 0. The van der Waals surface area contributed by atoms with E-state index in [0.29, 0.717) is 11.8 Å². The second-order valence-corrected chi connectivity index (χ2v) is 6.71. The number of ether oxygens (including phenoxy) is 1. The van der Waals surface area contributed by atoms with Gasteiger partial charge in [0.15, 0.2) is 0 Å². The molecule has 5 aliphatic rings. The maximum atomic E-state index is 11.9. The van der Waals surface area contributed by atoms with Crippen LogP contribution in [0.4, 0.5) is 0 Å². The van der Waals surface area contributed by atoms with Gasteiger partial charge in [0, 0.05) is 0 Å². The topological polar surface area (TPSA) is 43.4 Å². The predicted molar refractivity (Wildman–Crippen MR) is 62.2 cm³/mol. The van der Waals surface area contributed by atoms with Crippen molar-refractivity contribution in [3.05, 3.63) is 11.1 Å². The summed E-state index contributed by atoms with van der Waals surface area (Å²) >= 11 is 0. The zero-order valence-electron chi connectivity index (χ0n) is 10.2. The van der Waals surface area contributed by atoms with Gasteiger partial charge in [-0.1, -0.05) is 17.6 Å². The Kier molecular flexibility index (Phi) is 1.57. The molecule has 5 rings (SSSR count). The van der Waals surface area contributed by atoms with Crippen LogP contribution in [0.3, 0.4) is 0 Å². The van der Waals surface area contributed by atoms with Crippen LogP contribution in [0.1, 0.15) is 32.1 Å². The molecule has 3 nitrogen and oxygen atoms in total. The van der Waals surface area contributed by atoms with Gasteiger partial charge in [0.1, 0.15) is 0 Å². The fourth-order valence-electron chi connectivity index (χ4n) is 5.82. The van der Waals surface area contributed by atoms with E-state index in [9.17, 15) is 9.59 Å². The van der Waals surface area contributed by atoms with Gasteiger partial charge >= 0.3 is 11.9 Å². The first kappa shape index (κ1) is 9.76. The Labute approximate surface area is 106 Å². The summed E-state index contributed by atoms with van der Waals surface area (Å²) in [5, 5.41) is 0. The third-order valence-electron chi connectivity index (χ3n) is 6.19. The Bertz CT molecular complexity index is 476. The minimum Gasteiger partial charge on any atom is -0.393 e. The summed E-state index contributed by atoms with van der Waals surface area (Å²) in [5.74, 6) is 1.51. The van der Waals surface area contributed by atoms with Crippen LogP contribution in [0, 0.1) is 35.5 Å². The van der Waals surface area contributed by atoms with Gasteiger partial charge in [-0.25, -0.2) is 0 Å². The fraction of sp³-hybridized carbons (Fsp3) is 0.733. The van der Waals surface area contributed by atoms with Crippen LogP contribution >= 0.6 is 0 Å². The molecule has 6 atom stereocenters. The number of cyclic esters (lactones) is 2. The molecule has 2 saturated carbocycles. The third kappa shape index (κ3) is 0.886. The first-order valence-electron chi connectivity index (χ1n) is 7.25. The molecule has 3 heteroatoms. The van der Waals surface area contributed by atoms with Crippen LogP contribution in [-0.4, -0.2) is 11.9 Å². The van der Waals surface area contributed by atoms with Crippen molar-refractivity contribution < 1.29 is 14.3 Å². The highest BCUT2D eigenvalue weighted by Gasteiger charge is 2.65. The quantitative estimate of drug-likeness (QED) is 0.283. The summed E-state index contributed by atoms with van der Waals surface area (Å²) in [7, 11) is 0. The van der Waals surface area contributed by atoms with E-state index < -0.39 is 0 Å². The number of hydrogen-bond acceptors (Lipinski definition) is 3. The molecule has 1 heterocycles. The molecule has 0 aromatic carbocycles. The second-order valence-electron chi connectivity index (χ2n) is 6.71. The Morgan fingerprint density at radius 3 is 1.94 bits per heavy atom. The molecule has 0 radical (unpaired) electrons. The van der Waals surface area contributed by atoms with Gasteiger partial charge < -0.3 is 4.74 Å². The molecule has 4 bridgehead atoms. The van der Waals surface area contributed by atoms with Gasteiger partial charge in [-0.2, -0.15) is 0 Å². The fourth-order valence-corrected chi connectivity index (χ4v) is 5.82. The van der Waals surface area contributed by atoms with E-state index in [1.807, 2.05) is 0 Å². The van der Waals surface area contributed by atoms with Gasteiger partial charge in [0.2, 0.25) is 0 Å². The largest absolute Gasteiger partial charge is 0.393 e. The Balaban J connectivity index is 1.66. The smallest absolute Gasteiger partial charge is 0.318 e. The average Bonchev–Trinajstić information content (AvgIpc) is 3.04. The lowest BCUT2D eigenvalue weighted by molar-refractivity contribution is -0.154. The van der Waals surface area contributed by atoms with Crippen LogP contribution in [0.25, 0.3) is 0 Å². The summed E-state index contributed by atoms with van der Waals surface area (Å²) in [6, 6.07) is 0. The summed E-state index contributed by atoms with van der Waals surface area (Å²) in [4.78, 5) is 23.7. The van der Waals surface area contributed by atoms with Gasteiger partial charge in [-0.3, -0.25) is 9.59 Å². The molecule has 0 amide bonds. The van der Waals surface area contributed by atoms with E-state index in [-0.39, 0.29) is 23.8 Å². The summed E-state index contributed by atoms with van der Waals surface area (Å²) < 4.78 is 4.89. The normalized spacial score (nSPS) is 51.8. The highest BCUT2D eigenvalue weighted by Crippen LogP contribution is 2.66. The van der Waals surface area contributed by atoms with Crippen molar-refractivity contribution >= 4 is 11.9 Å². The minimum atomic E-state index is -0.231. The van der Waals surface area contributed by atoms with Crippen molar-refractivity contribution in [1.82, 2.24) is 0 Å². The molecule has 3 fully saturated rings. The van der Waals surface area contributed by atoms with E-state index in [1.165, 1.54) is 25.7 Å². The number of fused-ring (bicyclic) bond motifs is 11. The Hall–Kier alpha value is -1.12. The number of esters is 2. The van der Waals surface area contributed by atoms with Crippen molar-refractivity contribution in [2.75, 3.05) is 0 Å². The van der Waals surface area contributed by atoms with Crippen LogP contribution in [0.15, 0.2) is 11.1 Å². The second kappa shape index (κ2) is 2.89. The summed E-state index contributed by atoms with van der Waals surface area (Å²) in [6.07, 6.45) is 6.31. The SMILES string of the molecule is O=C1OC(=O)[C@H]2[C@@H]1[C@H]1C[C@H]2C2=C1[C@H]1CCC[C@H]2C1. The molecular weight excluding hydrogens is 228 g/mol. The zero-order valence-corrected chi connectivity index (χ0v) is 10.2. The first-order chi connectivity index (χ1) is 8.75. The molecular formula is C15H16O3. The lowest BCUT2D eigenvalue weighted by Gasteiger charge is -2.25. The monoisotopic (exact) mass is 244 g/mol. The molecule has 0 unspecified atom stereocenters. The van der Waals surface area contributed by atoms with E-state index in [4.69, 9.17) is 4.74 Å². The van der Waals surface area contributed by atoms with E-state index in [1.54, 1.807) is 11.1 Å². The van der Waals surface area contributed by atoms with Crippen LogP contribution in [0.2, 0.25) is 0 Å². The third-order valence-corrected chi connectivity index (χ3v) is 6.19. The molecule has 18 heavy (non-hydrogen) atoms. The van der Waals surface area contributed by atoms with Crippen molar-refractivity contribution in [2.24, 2.45) is 35.5 Å². The van der Waals surface area contributed by atoms with Crippen LogP contribution < -0.4 is 0 Å². The van der Waals surface area contributed by atoms with Crippen molar-refractivity contribution in [3.8, 4) is 0 Å². The van der Waals surface area contributed by atoms with E-state index in [2.05, 4.69) is 0 Å². The maximum Gasteiger partial charge on any atom is 0.318 e. The molecule has 1 saturated heterocycles. The van der Waals surface area contributed by atoms with Gasteiger partial charge in [-0.05, 0) is 49.4 Å². The minimum absolute atomic E-state index is 0.111. The number of carbonyl (C=O) groups excluding carboxylic acids is 2. The molecule has 0 N–H and O–H groups in total. The maximum absolute atomic E-state index is 11.9. The van der Waals surface area contributed by atoms with E-state index in [0.717, 1.165) is 18.3 Å². The highest BCUT2D eigenvalue weighted by molar-refractivity contribution is 5.98. The average molecular weight is 244 g/mol. The number of hydrogen-bond donors (Lipinski definition) is 0. The molecule has 0 aromatic heterocycles. The highest BCUT2D eigenvalue weighted by atomic mass is 16.6. The molecule has 0 spiro atoms. The molecule has 0 aromatic rings. The van der Waals surface area contributed by atoms with Crippen molar-refractivity contribution in [3.63, 3.8) is 0 Å². The lowest BCUT2D eigenvalue weighted by Crippen LogP contribution is -2.27. The van der Waals surface area contributed by atoms with Gasteiger partial charge in [0.05, 0.1) is 11.8 Å². The predicted octanol–water partition coefficient (Wildman–Crippen LogP) is 2.07. The van der Waals surface area contributed by atoms with Crippen molar-refractivity contribution in [1.29, 1.82) is 0 Å². The number of allylic oxidation sites excluding steroid dienone is 2. The Morgan fingerprint density at radius 2 is 1.39 bits per heavy atom. The van der Waals surface area contributed by atoms with Crippen molar-refractivity contribution in [2.45, 2.75) is 32.1 Å². The van der Waals surface area contributed by atoms with Crippen LogP contribution in [0.5, 0.6) is 0 Å². The molecule has 4 aliphatic carbocycles. The standard InChI is InChI=1S/C15H16O3/c16-14-12-8-5-9(13(12)15(17)18-14)11-7-3-1-2-6(4-7)10(8)11/h6-9,12-13H,1-5H2/t6-,7-,8-,9-,12-,13+/m0/s1. The Morgan fingerprint density at radius 1 is 0.833 bits per heavy atom. The molecule has 94 valence electrons. The number of carbonyl (C=O) groups is 2. The first-order valence-corrected chi connectivity index (χ1v) is 7.25. The zero-order chi connectivity index (χ0) is 12.0. The van der Waals surface area contributed by atoms with Gasteiger partial charge in [0.25, 0.3) is 0 Å². The molecule has 1 aliphatic heterocycles. The summed E-state index contributed by atoms with van der Waals surface area (Å²) in [6.45, 7) is 0. The summed E-state index contributed by atoms with van der Waals surface area (Å²) in [5.41, 5.74) is 3.21. The van der Waals surface area contributed by atoms with Crippen LogP contribution in [-0.2, 0) is 14.3 Å². The lowest BCUT2D eigenvalue weighted by atomic mass is 9.76. The van der Waals surface area contributed by atoms with Gasteiger partial charge in [-0.15, -0.1) is 0 Å².